The molecule has 4 rings (SSSR count). The highest BCUT2D eigenvalue weighted by Gasteiger charge is 2.33. The summed E-state index contributed by atoms with van der Waals surface area (Å²) in [6, 6.07) is 10.3. The Bertz CT molecular complexity index is 2280. The van der Waals surface area contributed by atoms with Gasteiger partial charge in [0.25, 0.3) is 0 Å². The minimum atomic E-state index is -1.29. The van der Waals surface area contributed by atoms with E-state index in [4.69, 9.17) is 23.6 Å². The lowest BCUT2D eigenvalue weighted by atomic mass is 10.0. The molecule has 20 nitrogen and oxygen atoms in total. The van der Waals surface area contributed by atoms with Crippen molar-refractivity contribution in [2.75, 3.05) is 13.1 Å². The van der Waals surface area contributed by atoms with Crippen LogP contribution in [-0.4, -0.2) is 106 Å². The minimum absolute atomic E-state index is 0.0241. The molecule has 0 spiro atoms. The Morgan fingerprint density at radius 2 is 1.34 bits per heavy atom. The normalized spacial score (nSPS) is 13.1. The number of rotatable bonds is 27. The van der Waals surface area contributed by atoms with E-state index in [9.17, 15) is 33.6 Å². The van der Waals surface area contributed by atoms with Crippen LogP contribution in [0.2, 0.25) is 0 Å². The number of hydrogen-bond donors (Lipinski definition) is 11. The number of para-hydroxylation sites is 1. The van der Waals surface area contributed by atoms with E-state index in [0.29, 0.717) is 37.1 Å². The second-order valence-corrected chi connectivity index (χ2v) is 15.4. The van der Waals surface area contributed by atoms with E-state index in [1.807, 2.05) is 24.3 Å². The maximum atomic E-state index is 14.4. The smallest absolute Gasteiger partial charge is 0.243 e. The van der Waals surface area contributed by atoms with Crippen molar-refractivity contribution < 1.29 is 33.6 Å². The fourth-order valence-corrected chi connectivity index (χ4v) is 6.98. The first-order chi connectivity index (χ1) is 31.2. The highest BCUT2D eigenvalue weighted by molar-refractivity contribution is 5.96. The zero-order valence-electron chi connectivity index (χ0n) is 36.4. The Labute approximate surface area is 376 Å². The van der Waals surface area contributed by atoms with E-state index in [2.05, 4.69) is 57.8 Å². The van der Waals surface area contributed by atoms with Gasteiger partial charge in [-0.3, -0.25) is 38.6 Å². The van der Waals surface area contributed by atoms with Gasteiger partial charge in [-0.15, -0.1) is 12.3 Å². The van der Waals surface area contributed by atoms with Crippen LogP contribution in [0.25, 0.3) is 10.9 Å². The van der Waals surface area contributed by atoms with Crippen LogP contribution in [0, 0.1) is 12.3 Å². The number of aliphatic imine (C=N–C) groups is 1. The molecule has 2 aromatic carbocycles. The molecule has 2 heterocycles. The fourth-order valence-electron chi connectivity index (χ4n) is 6.98. The molecule has 2 aromatic heterocycles. The molecule has 20 heteroatoms. The molecule has 5 atom stereocenters. The van der Waals surface area contributed by atoms with Crippen LogP contribution in [0.1, 0.15) is 68.7 Å². The van der Waals surface area contributed by atoms with Gasteiger partial charge in [-0.2, -0.15) is 0 Å². The predicted octanol–water partition coefficient (Wildman–Crippen LogP) is -0.398. The van der Waals surface area contributed by atoms with E-state index < -0.39 is 65.7 Å². The summed E-state index contributed by atoms with van der Waals surface area (Å²) < 4.78 is 0. The summed E-state index contributed by atoms with van der Waals surface area (Å²) >= 11 is 0. The Morgan fingerprint density at radius 3 is 1.98 bits per heavy atom. The number of guanidine groups is 1. The van der Waals surface area contributed by atoms with Gasteiger partial charge in [-0.25, -0.2) is 4.98 Å². The molecule has 0 aliphatic carbocycles. The molecule has 0 bridgehead atoms. The van der Waals surface area contributed by atoms with Crippen molar-refractivity contribution >= 4 is 58.2 Å². The molecule has 346 valence electrons. The number of unbranched alkanes of at least 4 members (excludes halogenated alkanes) is 1. The number of imidazole rings is 1. The third-order valence-corrected chi connectivity index (χ3v) is 10.3. The Hall–Kier alpha value is -7.69. The van der Waals surface area contributed by atoms with Crippen LogP contribution in [0.3, 0.4) is 0 Å². The second kappa shape index (κ2) is 26.1. The van der Waals surface area contributed by atoms with E-state index in [1.165, 1.54) is 19.4 Å². The monoisotopic (exact) mass is 893 g/mol. The van der Waals surface area contributed by atoms with Crippen molar-refractivity contribution in [3.63, 3.8) is 0 Å². The predicted molar refractivity (Wildman–Crippen MR) is 244 cm³/mol. The zero-order chi connectivity index (χ0) is 47.1. The molecule has 0 fully saturated rings. The number of nitrogens with two attached hydrogens (primary N) is 3. The first-order valence-corrected chi connectivity index (χ1v) is 21.3. The van der Waals surface area contributed by atoms with E-state index in [1.54, 1.807) is 36.5 Å². The molecule has 0 radical (unpaired) electrons. The highest BCUT2D eigenvalue weighted by atomic mass is 16.2. The second-order valence-electron chi connectivity index (χ2n) is 15.4. The van der Waals surface area contributed by atoms with Crippen molar-refractivity contribution in [3.8, 4) is 12.3 Å². The molecular formula is C45H59N13O7. The Kier molecular flexibility index (Phi) is 20.0. The van der Waals surface area contributed by atoms with Gasteiger partial charge in [0.05, 0.1) is 6.33 Å². The number of benzene rings is 2. The number of fused-ring (bicyclic) bond motifs is 1. The number of nitrogens with zero attached hydrogens (tertiary/aromatic N) is 2. The van der Waals surface area contributed by atoms with Crippen LogP contribution in [0.15, 0.2) is 78.3 Å². The third-order valence-electron chi connectivity index (χ3n) is 10.3. The molecule has 4 aromatic rings. The van der Waals surface area contributed by atoms with Gasteiger partial charge in [-0.05, 0) is 49.3 Å². The van der Waals surface area contributed by atoms with E-state index in [-0.39, 0.29) is 63.4 Å². The summed E-state index contributed by atoms with van der Waals surface area (Å²) in [5.41, 5.74) is 19.5. The summed E-state index contributed by atoms with van der Waals surface area (Å²) in [6.45, 7) is 1.72. The maximum absolute atomic E-state index is 14.4. The first-order valence-electron chi connectivity index (χ1n) is 21.3. The number of carbonyl (C=O) groups excluding carboxylic acids is 7. The summed E-state index contributed by atoms with van der Waals surface area (Å²) in [6.07, 6.45) is 11.7. The lowest BCUT2D eigenvalue weighted by Crippen LogP contribution is -2.60. The van der Waals surface area contributed by atoms with Crippen LogP contribution in [0.5, 0.6) is 0 Å². The standard InChI is InChI=1S/C45H59N13O7/c1-3-4-19-39(60)50-20-11-10-17-34(54-28(2)59)41(62)58-38(24-31-26-49-27-53-31)44(65)57-37(22-29-13-6-5-7-14-29)43(64)55-35(18-12-21-51-45(47)48)42(63)56-36(40(46)61)23-30-25-52-33-16-9-8-15-32(30)33/h1,5-9,13-16,25-27,34-38,52H,4,10-12,17-24H2,2H3,(H2,46,61)(H,49,53)(H,50,60)(H,54,59)(H,55,64)(H,56,63)(H,57,65)(H,58,62)(H4,47,48,51)/t34-,35-,36-,37+,38-/m0/s1. The minimum Gasteiger partial charge on any atom is -0.370 e. The van der Waals surface area contributed by atoms with Crippen molar-refractivity contribution in [2.45, 2.75) is 101 Å². The molecule has 65 heavy (non-hydrogen) atoms. The first kappa shape index (κ1) is 50.0. The van der Waals surface area contributed by atoms with Crippen LogP contribution < -0.4 is 49.1 Å². The van der Waals surface area contributed by atoms with Crippen LogP contribution in [0.4, 0.5) is 0 Å². The average molecular weight is 894 g/mol. The SMILES string of the molecule is C#CCCC(=O)NCCCC[C@H](NC(C)=O)C(=O)N[C@@H](Cc1cnc[nH]1)C(=O)N[C@H](Cc1ccccc1)C(=O)N[C@@H](CCCN=C(N)N)C(=O)N[C@@H](Cc1c[nH]c2ccccc12)C(N)=O. The average Bonchev–Trinajstić information content (AvgIpc) is 3.95. The number of nitrogens with one attached hydrogen (secondary N) is 8. The highest BCUT2D eigenvalue weighted by Crippen LogP contribution is 2.19. The molecular weight excluding hydrogens is 835 g/mol. The van der Waals surface area contributed by atoms with Crippen molar-refractivity contribution in [1.29, 1.82) is 0 Å². The van der Waals surface area contributed by atoms with Gasteiger partial charge in [0.15, 0.2) is 5.96 Å². The topological polar surface area (TPSA) is 327 Å². The number of hydrogen-bond acceptors (Lipinski definition) is 9. The summed E-state index contributed by atoms with van der Waals surface area (Å²) in [7, 11) is 0. The number of aromatic amines is 2. The van der Waals surface area contributed by atoms with Gasteiger partial charge in [0.2, 0.25) is 41.4 Å². The van der Waals surface area contributed by atoms with Gasteiger partial charge in [-0.1, -0.05) is 48.5 Å². The van der Waals surface area contributed by atoms with Crippen molar-refractivity contribution in [1.82, 2.24) is 46.9 Å². The van der Waals surface area contributed by atoms with Gasteiger partial charge in [0.1, 0.15) is 30.2 Å². The van der Waals surface area contributed by atoms with Crippen molar-refractivity contribution in [2.24, 2.45) is 22.2 Å². The maximum Gasteiger partial charge on any atom is 0.243 e. The van der Waals surface area contributed by atoms with Gasteiger partial charge in [0, 0.05) is 81.1 Å². The van der Waals surface area contributed by atoms with Gasteiger partial charge >= 0.3 is 0 Å². The molecule has 0 unspecified atom stereocenters. The zero-order valence-corrected chi connectivity index (χ0v) is 36.4. The molecule has 0 saturated heterocycles. The molecule has 0 aliphatic heterocycles. The number of amides is 7. The molecule has 0 aliphatic rings. The lowest BCUT2D eigenvalue weighted by Gasteiger charge is -2.27. The number of aromatic nitrogens is 3. The van der Waals surface area contributed by atoms with Crippen LogP contribution >= 0.6 is 0 Å². The fraction of sp³-hybridized carbons (Fsp3) is 0.400. The summed E-state index contributed by atoms with van der Waals surface area (Å²) in [5.74, 6) is -2.07. The number of primary amides is 1. The number of terminal acetylenes is 1. The largest absolute Gasteiger partial charge is 0.370 e. The van der Waals surface area contributed by atoms with Gasteiger partial charge < -0.3 is 59.1 Å². The summed E-state index contributed by atoms with van der Waals surface area (Å²) in [5, 5.41) is 17.2. The summed E-state index contributed by atoms with van der Waals surface area (Å²) in [4.78, 5) is 107. The Morgan fingerprint density at radius 1 is 0.723 bits per heavy atom. The van der Waals surface area contributed by atoms with E-state index in [0.717, 1.165) is 16.5 Å². The number of H-pyrrole nitrogens is 2. The Balaban J connectivity index is 1.55. The third kappa shape index (κ3) is 17.2. The molecule has 7 amide bonds. The quantitative estimate of drug-likeness (QED) is 0.0159. The molecule has 0 saturated carbocycles. The number of carbonyl (C=O) groups is 7. The van der Waals surface area contributed by atoms with E-state index >= 15 is 0 Å². The molecule has 14 N–H and O–H groups in total. The lowest BCUT2D eigenvalue weighted by molar-refractivity contribution is -0.135. The van der Waals surface area contributed by atoms with Crippen molar-refractivity contribution in [3.05, 3.63) is 90.1 Å². The van der Waals surface area contributed by atoms with Crippen LogP contribution in [-0.2, 0) is 52.8 Å².